The number of piperidine rings is 1. The van der Waals surface area contributed by atoms with Crippen molar-refractivity contribution in [2.75, 3.05) is 44.5 Å². The molecule has 174 valence electrons. The molecule has 2 aromatic carbocycles. The predicted octanol–water partition coefficient (Wildman–Crippen LogP) is 3.89. The van der Waals surface area contributed by atoms with Gasteiger partial charge in [-0.2, -0.15) is 4.31 Å². The zero-order chi connectivity index (χ0) is 23.3. The van der Waals surface area contributed by atoms with Gasteiger partial charge in [0.05, 0.1) is 36.4 Å². The highest BCUT2D eigenvalue weighted by molar-refractivity contribution is 7.89. The minimum Gasteiger partial charge on any atom is -0.495 e. The SMILES string of the molecule is COc1cc(NC(=O)CNc2ccc(C)c(S(=O)(=O)N3CCCCC3)c2)c(OC)cc1Cl. The smallest absolute Gasteiger partial charge is 0.243 e. The first kappa shape index (κ1) is 24.2. The third kappa shape index (κ3) is 5.46. The van der Waals surface area contributed by atoms with Crippen LogP contribution in [0.2, 0.25) is 5.02 Å². The van der Waals surface area contributed by atoms with Gasteiger partial charge in [-0.05, 0) is 37.5 Å². The molecule has 0 saturated carbocycles. The molecule has 2 N–H and O–H groups in total. The molecule has 1 heterocycles. The van der Waals surface area contributed by atoms with Crippen LogP contribution in [0.4, 0.5) is 11.4 Å². The lowest BCUT2D eigenvalue weighted by Gasteiger charge is -2.26. The van der Waals surface area contributed by atoms with Crippen molar-refractivity contribution in [3.8, 4) is 11.5 Å². The van der Waals surface area contributed by atoms with Gasteiger partial charge in [-0.3, -0.25) is 4.79 Å². The molecule has 2 aromatic rings. The van der Waals surface area contributed by atoms with Gasteiger partial charge in [0.25, 0.3) is 0 Å². The van der Waals surface area contributed by atoms with Gasteiger partial charge in [0.15, 0.2) is 0 Å². The molecule has 0 unspecified atom stereocenters. The van der Waals surface area contributed by atoms with E-state index >= 15 is 0 Å². The largest absolute Gasteiger partial charge is 0.495 e. The van der Waals surface area contributed by atoms with Crippen LogP contribution in [0.15, 0.2) is 35.2 Å². The van der Waals surface area contributed by atoms with Crippen LogP contribution < -0.4 is 20.1 Å². The second kappa shape index (κ2) is 10.4. The Hall–Kier alpha value is -2.49. The summed E-state index contributed by atoms with van der Waals surface area (Å²) in [6, 6.07) is 8.21. The monoisotopic (exact) mass is 481 g/mol. The fourth-order valence-electron chi connectivity index (χ4n) is 3.57. The fourth-order valence-corrected chi connectivity index (χ4v) is 5.57. The summed E-state index contributed by atoms with van der Waals surface area (Å²) in [7, 11) is -0.618. The number of sulfonamides is 1. The number of carbonyl (C=O) groups is 1. The third-order valence-electron chi connectivity index (χ3n) is 5.32. The number of nitrogens with zero attached hydrogens (tertiary/aromatic N) is 1. The summed E-state index contributed by atoms with van der Waals surface area (Å²) in [4.78, 5) is 12.8. The minimum absolute atomic E-state index is 0.0691. The average molecular weight is 482 g/mol. The molecule has 0 bridgehead atoms. The molecule has 0 spiro atoms. The second-order valence-electron chi connectivity index (χ2n) is 7.53. The number of rotatable bonds is 8. The number of carbonyl (C=O) groups excluding carboxylic acids is 1. The molecule has 32 heavy (non-hydrogen) atoms. The summed E-state index contributed by atoms with van der Waals surface area (Å²) in [6.07, 6.45) is 2.79. The Morgan fingerprint density at radius 2 is 1.75 bits per heavy atom. The molecule has 1 aliphatic rings. The summed E-state index contributed by atoms with van der Waals surface area (Å²) in [5, 5.41) is 6.11. The topological polar surface area (TPSA) is 97.0 Å². The molecule has 0 atom stereocenters. The Kier molecular flexibility index (Phi) is 7.86. The Balaban J connectivity index is 1.71. The van der Waals surface area contributed by atoms with Gasteiger partial charge in [0.2, 0.25) is 15.9 Å². The quantitative estimate of drug-likeness (QED) is 0.593. The average Bonchev–Trinajstić information content (AvgIpc) is 2.79. The number of methoxy groups -OCH3 is 2. The highest BCUT2D eigenvalue weighted by Crippen LogP contribution is 2.35. The highest BCUT2D eigenvalue weighted by Gasteiger charge is 2.27. The molecule has 3 rings (SSSR count). The number of hydrogen-bond donors (Lipinski definition) is 2. The molecule has 8 nitrogen and oxygen atoms in total. The molecule has 10 heteroatoms. The zero-order valence-corrected chi connectivity index (χ0v) is 20.0. The lowest BCUT2D eigenvalue weighted by atomic mass is 10.2. The van der Waals surface area contributed by atoms with Crippen molar-refractivity contribution in [3.05, 3.63) is 40.9 Å². The normalized spacial score (nSPS) is 14.6. The van der Waals surface area contributed by atoms with Crippen LogP contribution in [0.1, 0.15) is 24.8 Å². The van der Waals surface area contributed by atoms with Crippen molar-refractivity contribution in [2.45, 2.75) is 31.1 Å². The Bertz CT molecular complexity index is 1090. The van der Waals surface area contributed by atoms with E-state index in [0.29, 0.717) is 46.5 Å². The van der Waals surface area contributed by atoms with E-state index in [1.807, 2.05) is 0 Å². The van der Waals surface area contributed by atoms with Gasteiger partial charge in [-0.1, -0.05) is 24.1 Å². The van der Waals surface area contributed by atoms with Crippen molar-refractivity contribution < 1.29 is 22.7 Å². The first-order valence-corrected chi connectivity index (χ1v) is 12.1. The molecular formula is C22H28ClN3O5S. The van der Waals surface area contributed by atoms with Gasteiger partial charge in [0.1, 0.15) is 11.5 Å². The Labute approximate surface area is 193 Å². The Morgan fingerprint density at radius 1 is 1.06 bits per heavy atom. The lowest BCUT2D eigenvalue weighted by Crippen LogP contribution is -2.36. The first-order chi connectivity index (χ1) is 15.3. The molecule has 1 amide bonds. The first-order valence-electron chi connectivity index (χ1n) is 10.3. The van der Waals surface area contributed by atoms with Crippen LogP contribution in [0, 0.1) is 6.92 Å². The lowest BCUT2D eigenvalue weighted by molar-refractivity contribution is -0.114. The number of benzene rings is 2. The summed E-state index contributed by atoms with van der Waals surface area (Å²) in [6.45, 7) is 2.77. The zero-order valence-electron chi connectivity index (χ0n) is 18.4. The standard InChI is InChI=1S/C22H28ClN3O5S/c1-15-7-8-16(11-21(15)32(28,29)26-9-5-4-6-10-26)24-14-22(27)25-18-13-19(30-2)17(23)12-20(18)31-3/h7-8,11-13,24H,4-6,9-10,14H2,1-3H3,(H,25,27). The van der Waals surface area contributed by atoms with Gasteiger partial charge in [-0.15, -0.1) is 0 Å². The van der Waals surface area contributed by atoms with E-state index in [1.165, 1.54) is 18.5 Å². The van der Waals surface area contributed by atoms with Crippen molar-refractivity contribution >= 4 is 38.9 Å². The molecule has 1 fully saturated rings. The van der Waals surface area contributed by atoms with Crippen molar-refractivity contribution in [1.29, 1.82) is 0 Å². The molecule has 0 aliphatic carbocycles. The predicted molar refractivity (Wildman–Crippen MR) is 125 cm³/mol. The van der Waals surface area contributed by atoms with Gasteiger partial charge < -0.3 is 20.1 Å². The fraction of sp³-hybridized carbons (Fsp3) is 0.409. The molecular weight excluding hydrogens is 454 g/mol. The molecule has 0 radical (unpaired) electrons. The van der Waals surface area contributed by atoms with E-state index in [1.54, 1.807) is 37.3 Å². The molecule has 0 aromatic heterocycles. The minimum atomic E-state index is -3.57. The van der Waals surface area contributed by atoms with Gasteiger partial charge >= 0.3 is 0 Å². The van der Waals surface area contributed by atoms with E-state index in [2.05, 4.69) is 10.6 Å². The van der Waals surface area contributed by atoms with Gasteiger partial charge in [-0.25, -0.2) is 8.42 Å². The van der Waals surface area contributed by atoms with Crippen LogP contribution in [0.5, 0.6) is 11.5 Å². The summed E-state index contributed by atoms with van der Waals surface area (Å²) < 4.78 is 38.2. The number of amides is 1. The highest BCUT2D eigenvalue weighted by atomic mass is 35.5. The number of ether oxygens (including phenoxy) is 2. The maximum Gasteiger partial charge on any atom is 0.243 e. The van der Waals surface area contributed by atoms with E-state index in [9.17, 15) is 13.2 Å². The number of anilines is 2. The number of halogens is 1. The number of nitrogens with one attached hydrogen (secondary N) is 2. The van der Waals surface area contributed by atoms with Gasteiger partial charge in [0, 0.05) is 30.9 Å². The van der Waals surface area contributed by atoms with Crippen molar-refractivity contribution in [3.63, 3.8) is 0 Å². The summed E-state index contributed by atoms with van der Waals surface area (Å²) in [5.74, 6) is 0.463. The van der Waals surface area contributed by atoms with Crippen LogP contribution >= 0.6 is 11.6 Å². The van der Waals surface area contributed by atoms with Crippen molar-refractivity contribution in [1.82, 2.24) is 4.31 Å². The van der Waals surface area contributed by atoms with Crippen LogP contribution in [0.3, 0.4) is 0 Å². The van der Waals surface area contributed by atoms with Crippen LogP contribution in [-0.4, -0.2) is 52.5 Å². The summed E-state index contributed by atoms with van der Waals surface area (Å²) >= 11 is 6.10. The number of aryl methyl sites for hydroxylation is 1. The van der Waals surface area contributed by atoms with E-state index < -0.39 is 10.0 Å². The van der Waals surface area contributed by atoms with Crippen LogP contribution in [0.25, 0.3) is 0 Å². The third-order valence-corrected chi connectivity index (χ3v) is 7.66. The summed E-state index contributed by atoms with van der Waals surface area (Å²) in [5.41, 5.74) is 1.63. The van der Waals surface area contributed by atoms with E-state index in [4.69, 9.17) is 21.1 Å². The van der Waals surface area contributed by atoms with E-state index in [-0.39, 0.29) is 17.3 Å². The van der Waals surface area contributed by atoms with E-state index in [0.717, 1.165) is 19.3 Å². The second-order valence-corrected chi connectivity index (χ2v) is 9.85. The number of hydrogen-bond acceptors (Lipinski definition) is 6. The Morgan fingerprint density at radius 3 is 2.41 bits per heavy atom. The molecule has 1 saturated heterocycles. The maximum atomic E-state index is 13.1. The maximum absolute atomic E-state index is 13.1. The van der Waals surface area contributed by atoms with Crippen molar-refractivity contribution in [2.24, 2.45) is 0 Å². The van der Waals surface area contributed by atoms with Crippen LogP contribution in [-0.2, 0) is 14.8 Å². The molecule has 1 aliphatic heterocycles.